The van der Waals surface area contributed by atoms with E-state index in [2.05, 4.69) is 10.5 Å². The molecule has 2 atom stereocenters. The van der Waals surface area contributed by atoms with Crippen molar-refractivity contribution in [3.8, 4) is 0 Å². The molecule has 3 amide bonds. The van der Waals surface area contributed by atoms with Crippen molar-refractivity contribution in [2.24, 2.45) is 16.9 Å². The summed E-state index contributed by atoms with van der Waals surface area (Å²) in [7, 11) is 0. The number of amides is 3. The van der Waals surface area contributed by atoms with Crippen LogP contribution in [-0.2, 0) is 21.5 Å². The van der Waals surface area contributed by atoms with Crippen LogP contribution in [0.4, 0.5) is 0 Å². The highest BCUT2D eigenvalue weighted by atomic mass is 16.3. The summed E-state index contributed by atoms with van der Waals surface area (Å²) in [5.41, 5.74) is 6.31. The van der Waals surface area contributed by atoms with E-state index in [1.165, 1.54) is 11.2 Å². The zero-order chi connectivity index (χ0) is 25.9. The highest BCUT2D eigenvalue weighted by Gasteiger charge is 2.67. The molecule has 38 heavy (non-hydrogen) atoms. The van der Waals surface area contributed by atoms with Gasteiger partial charge in [-0.1, -0.05) is 78.9 Å². The van der Waals surface area contributed by atoms with E-state index in [0.717, 1.165) is 27.8 Å². The first-order chi connectivity index (χ1) is 18.6. The fourth-order valence-electron chi connectivity index (χ4n) is 6.69. The number of imide groups is 1. The molecule has 1 fully saturated rings. The molecular weight excluding hydrogens is 478 g/mol. The van der Waals surface area contributed by atoms with E-state index < -0.39 is 23.2 Å². The second-order valence-electron chi connectivity index (χ2n) is 9.95. The number of hydrazone groups is 1. The number of nitrogens with one attached hydrogen (secondary N) is 1. The van der Waals surface area contributed by atoms with E-state index in [0.29, 0.717) is 0 Å². The molecule has 7 heteroatoms. The average Bonchev–Trinajstić information content (AvgIpc) is 3.58. The predicted octanol–water partition coefficient (Wildman–Crippen LogP) is 4.24. The lowest BCUT2D eigenvalue weighted by molar-refractivity contribution is -0.140. The Hall–Kier alpha value is -4.78. The van der Waals surface area contributed by atoms with Crippen molar-refractivity contribution in [2.45, 2.75) is 17.9 Å². The Balaban J connectivity index is 1.39. The van der Waals surface area contributed by atoms with Crippen LogP contribution in [0, 0.1) is 11.8 Å². The maximum absolute atomic E-state index is 14.2. The molecule has 1 aromatic heterocycles. The predicted molar refractivity (Wildman–Crippen MR) is 139 cm³/mol. The molecule has 8 rings (SSSR count). The van der Waals surface area contributed by atoms with E-state index in [1.807, 2.05) is 78.9 Å². The van der Waals surface area contributed by atoms with Gasteiger partial charge in [-0.15, -0.1) is 0 Å². The molecule has 1 aliphatic heterocycles. The summed E-state index contributed by atoms with van der Waals surface area (Å²) in [5, 5.41) is 4.38. The molecule has 0 spiro atoms. The molecule has 0 radical (unpaired) electrons. The van der Waals surface area contributed by atoms with Crippen molar-refractivity contribution in [2.75, 3.05) is 0 Å². The smallest absolute Gasteiger partial charge is 0.307 e. The molecule has 2 bridgehead atoms. The van der Waals surface area contributed by atoms with Gasteiger partial charge in [-0.25, -0.2) is 5.43 Å². The number of nitrogens with zero attached hydrogens (tertiary/aromatic N) is 2. The third-order valence-electron chi connectivity index (χ3n) is 8.14. The first kappa shape index (κ1) is 22.4. The first-order valence-corrected chi connectivity index (χ1v) is 12.6. The highest BCUT2D eigenvalue weighted by Crippen LogP contribution is 2.63. The summed E-state index contributed by atoms with van der Waals surface area (Å²) in [5.74, 6) is -2.24. The highest BCUT2D eigenvalue weighted by molar-refractivity contribution is 6.11. The second kappa shape index (κ2) is 8.38. The van der Waals surface area contributed by atoms with Crippen molar-refractivity contribution >= 4 is 23.9 Å². The Bertz CT molecular complexity index is 1560. The Kier molecular flexibility index (Phi) is 4.94. The molecular formula is C31H23N3O4. The van der Waals surface area contributed by atoms with Gasteiger partial charge >= 0.3 is 5.91 Å². The Morgan fingerprint density at radius 3 is 2.18 bits per heavy atom. The molecule has 3 aliphatic carbocycles. The number of likely N-dealkylation sites (tertiary alicyclic amines) is 1. The maximum Gasteiger partial charge on any atom is 0.307 e. The molecule has 4 aromatic rings. The quantitative estimate of drug-likeness (QED) is 0.252. The largest absolute Gasteiger partial charge is 0.459 e. The van der Waals surface area contributed by atoms with Crippen LogP contribution in [0.1, 0.15) is 44.3 Å². The van der Waals surface area contributed by atoms with Crippen LogP contribution in [0.3, 0.4) is 0 Å². The van der Waals surface area contributed by atoms with Gasteiger partial charge in [0.15, 0.2) is 5.76 Å². The fraction of sp³-hybridized carbons (Fsp3) is 0.161. The minimum atomic E-state index is -1.03. The van der Waals surface area contributed by atoms with Crippen molar-refractivity contribution < 1.29 is 18.8 Å². The molecule has 0 saturated carbocycles. The Morgan fingerprint density at radius 2 is 1.53 bits per heavy atom. The molecule has 4 aliphatic rings. The zero-order valence-corrected chi connectivity index (χ0v) is 20.3. The van der Waals surface area contributed by atoms with E-state index >= 15 is 0 Å². The third kappa shape index (κ3) is 3.02. The van der Waals surface area contributed by atoms with E-state index in [9.17, 15) is 14.4 Å². The van der Waals surface area contributed by atoms with Crippen LogP contribution in [0.5, 0.6) is 0 Å². The maximum atomic E-state index is 14.2. The molecule has 1 N–H and O–H groups in total. The van der Waals surface area contributed by atoms with Crippen molar-refractivity contribution in [1.29, 1.82) is 0 Å². The number of rotatable bonds is 5. The molecule has 0 unspecified atom stereocenters. The minimum absolute atomic E-state index is 0.131. The van der Waals surface area contributed by atoms with Gasteiger partial charge in [0.25, 0.3) is 0 Å². The SMILES string of the molecule is O=C(N/N=C\C12c3ccccc3C(c3ccccc31)[C@@H]1C(=O)N(Cc3ccccc3)C(=O)[C@@H]12)c1ccco1. The summed E-state index contributed by atoms with van der Waals surface area (Å²) < 4.78 is 5.19. The average molecular weight is 502 g/mol. The topological polar surface area (TPSA) is 92.0 Å². The lowest BCUT2D eigenvalue weighted by Gasteiger charge is -2.52. The summed E-state index contributed by atoms with van der Waals surface area (Å²) in [6.07, 6.45) is 3.07. The number of carbonyl (C=O) groups excluding carboxylic acids is 3. The second-order valence-corrected chi connectivity index (χ2v) is 9.95. The van der Waals surface area contributed by atoms with Gasteiger partial charge in [-0.05, 0) is 39.9 Å². The molecule has 186 valence electrons. The van der Waals surface area contributed by atoms with Gasteiger partial charge in [0.1, 0.15) is 0 Å². The van der Waals surface area contributed by atoms with Crippen LogP contribution >= 0.6 is 0 Å². The lowest BCUT2D eigenvalue weighted by Crippen LogP contribution is -2.54. The summed E-state index contributed by atoms with van der Waals surface area (Å²) in [6, 6.07) is 28.6. The van der Waals surface area contributed by atoms with Crippen molar-refractivity contribution in [1.82, 2.24) is 10.3 Å². The van der Waals surface area contributed by atoms with Crippen LogP contribution < -0.4 is 5.43 Å². The van der Waals surface area contributed by atoms with Crippen LogP contribution in [0.15, 0.2) is 107 Å². The molecule has 2 heterocycles. The van der Waals surface area contributed by atoms with Crippen LogP contribution in [0.2, 0.25) is 0 Å². The minimum Gasteiger partial charge on any atom is -0.459 e. The summed E-state index contributed by atoms with van der Waals surface area (Å²) in [4.78, 5) is 42.2. The first-order valence-electron chi connectivity index (χ1n) is 12.6. The molecule has 7 nitrogen and oxygen atoms in total. The van der Waals surface area contributed by atoms with E-state index in [1.54, 1.807) is 18.3 Å². The Morgan fingerprint density at radius 1 is 0.868 bits per heavy atom. The van der Waals surface area contributed by atoms with Gasteiger partial charge in [0.05, 0.1) is 30.1 Å². The van der Waals surface area contributed by atoms with E-state index in [4.69, 9.17) is 4.42 Å². The van der Waals surface area contributed by atoms with Crippen LogP contribution in [-0.4, -0.2) is 28.8 Å². The van der Waals surface area contributed by atoms with Gasteiger partial charge in [0, 0.05) is 12.1 Å². The summed E-state index contributed by atoms with van der Waals surface area (Å²) >= 11 is 0. The monoisotopic (exact) mass is 501 g/mol. The zero-order valence-electron chi connectivity index (χ0n) is 20.3. The molecule has 3 aromatic carbocycles. The normalized spacial score (nSPS) is 24.8. The van der Waals surface area contributed by atoms with Gasteiger partial charge < -0.3 is 4.42 Å². The van der Waals surface area contributed by atoms with E-state index in [-0.39, 0.29) is 30.0 Å². The standard InChI is InChI=1S/C31H23N3O4/c35-28(24-15-8-16-38-24)33-32-18-31-22-13-6-4-11-20(22)25(21-12-5-7-14-23(21)31)26-27(31)30(37)34(29(26)36)17-19-9-2-1-3-10-19/h1-16,18,25-27H,17H2,(H,33,35)/b32-18-/t25?,26-,27+,31?/m0/s1. The number of hydrogen-bond donors (Lipinski definition) is 1. The van der Waals surface area contributed by atoms with Crippen molar-refractivity contribution in [3.63, 3.8) is 0 Å². The van der Waals surface area contributed by atoms with Gasteiger partial charge in [-0.3, -0.25) is 19.3 Å². The fourth-order valence-corrected chi connectivity index (χ4v) is 6.69. The third-order valence-corrected chi connectivity index (χ3v) is 8.14. The molecule has 1 saturated heterocycles. The summed E-state index contributed by atoms with van der Waals surface area (Å²) in [6.45, 7) is 0.216. The Labute approximate surface area is 218 Å². The number of carbonyl (C=O) groups is 3. The van der Waals surface area contributed by atoms with Gasteiger partial charge in [-0.2, -0.15) is 5.10 Å². The number of hydrogen-bond acceptors (Lipinski definition) is 5. The van der Waals surface area contributed by atoms with Crippen LogP contribution in [0.25, 0.3) is 0 Å². The van der Waals surface area contributed by atoms with Gasteiger partial charge in [0.2, 0.25) is 11.8 Å². The lowest BCUT2D eigenvalue weighted by atomic mass is 9.47. The van der Waals surface area contributed by atoms with Crippen molar-refractivity contribution in [3.05, 3.63) is 131 Å². The number of benzene rings is 3. The number of furan rings is 1.